The predicted octanol–water partition coefficient (Wildman–Crippen LogP) is 4.89. The largest absolute Gasteiger partial charge is 0.358 e. The number of amides is 2. The average Bonchev–Trinajstić information content (AvgIpc) is 3.97. The molecule has 0 aliphatic heterocycles. The molecule has 2 saturated carbocycles. The molecule has 0 radical (unpaired) electrons. The van der Waals surface area contributed by atoms with Gasteiger partial charge in [0.25, 0.3) is 11.8 Å². The Morgan fingerprint density at radius 1 is 0.791 bits per heavy atom. The fourth-order valence-corrected chi connectivity index (χ4v) is 5.55. The third kappa shape index (κ3) is 5.15. The molecule has 220 valence electrons. The summed E-state index contributed by atoms with van der Waals surface area (Å²) in [4.78, 5) is 33.3. The van der Waals surface area contributed by atoms with Gasteiger partial charge in [0, 0.05) is 19.4 Å². The molecule has 6 rings (SSSR count). The van der Waals surface area contributed by atoms with Gasteiger partial charge in [-0.05, 0) is 72.2 Å². The van der Waals surface area contributed by atoms with Gasteiger partial charge in [0.05, 0.1) is 22.2 Å². The second-order valence-electron chi connectivity index (χ2n) is 10.9. The monoisotopic (exact) mass is 586 g/mol. The molecule has 0 spiro atoms. The first-order valence-electron chi connectivity index (χ1n) is 13.6. The normalized spacial score (nSPS) is 15.7. The fraction of sp³-hybridized carbons (Fsp3) is 0.226. The standard InChI is InChI=1S/C31H28F2N6O4/c1-39(27-25(33)15-21(17-35-27)29(41)38-43)31(10-11-31)23-7-3-5-19(13-23)18-4-2-6-22(12-18)30(8-9-30)36-26-24(32)14-20(16-34-26)28(40)37-42/h2-7,12-17,42-43H,8-11H2,1H3,(H,34,36)(H,37,40)(H,38,41). The SMILES string of the molecule is CN(c1ncc(C(=O)NO)cc1F)C1(c2cccc(-c3cccc(C4(Nc5ncc(C(=O)NO)cc5F)CC4)c3)c2)CC1. The molecule has 0 saturated heterocycles. The number of hydroxylamine groups is 2. The highest BCUT2D eigenvalue weighted by atomic mass is 19.1. The van der Waals surface area contributed by atoms with Crippen molar-refractivity contribution in [1.29, 1.82) is 0 Å². The van der Waals surface area contributed by atoms with Crippen molar-refractivity contribution in [2.45, 2.75) is 36.8 Å². The van der Waals surface area contributed by atoms with Crippen LogP contribution >= 0.6 is 0 Å². The summed E-state index contributed by atoms with van der Waals surface area (Å²) in [5.74, 6) is -2.94. The van der Waals surface area contributed by atoms with Crippen LogP contribution in [0.5, 0.6) is 0 Å². The van der Waals surface area contributed by atoms with E-state index in [9.17, 15) is 14.0 Å². The molecule has 5 N–H and O–H groups in total. The number of nitrogens with one attached hydrogen (secondary N) is 3. The highest BCUT2D eigenvalue weighted by Crippen LogP contribution is 2.53. The molecule has 43 heavy (non-hydrogen) atoms. The van der Waals surface area contributed by atoms with E-state index in [4.69, 9.17) is 10.4 Å². The van der Waals surface area contributed by atoms with Crippen molar-refractivity contribution in [3.63, 3.8) is 0 Å². The van der Waals surface area contributed by atoms with Crippen LogP contribution in [0.15, 0.2) is 73.1 Å². The number of aromatic nitrogens is 2. The van der Waals surface area contributed by atoms with Crippen LogP contribution in [-0.2, 0) is 11.1 Å². The van der Waals surface area contributed by atoms with Crippen LogP contribution in [0, 0.1) is 11.6 Å². The van der Waals surface area contributed by atoms with Crippen molar-refractivity contribution in [3.05, 3.63) is 107 Å². The summed E-state index contributed by atoms with van der Waals surface area (Å²) in [7, 11) is 1.77. The molecule has 12 heteroatoms. The molecular weight excluding hydrogens is 558 g/mol. The van der Waals surface area contributed by atoms with Crippen molar-refractivity contribution >= 4 is 23.5 Å². The molecular formula is C31H28F2N6O4. The summed E-state index contributed by atoms with van der Waals surface area (Å²) in [6.45, 7) is 0. The van der Waals surface area contributed by atoms with Gasteiger partial charge >= 0.3 is 0 Å². The molecule has 2 aromatic heterocycles. The zero-order valence-electron chi connectivity index (χ0n) is 23.1. The highest BCUT2D eigenvalue weighted by molar-refractivity contribution is 5.93. The van der Waals surface area contributed by atoms with Crippen molar-refractivity contribution in [3.8, 4) is 11.1 Å². The van der Waals surface area contributed by atoms with Crippen molar-refractivity contribution in [1.82, 2.24) is 20.9 Å². The van der Waals surface area contributed by atoms with Gasteiger partial charge in [0.1, 0.15) is 0 Å². The summed E-state index contributed by atoms with van der Waals surface area (Å²) in [6.07, 6.45) is 5.53. The third-order valence-electron chi connectivity index (χ3n) is 8.33. The van der Waals surface area contributed by atoms with Gasteiger partial charge in [-0.2, -0.15) is 0 Å². The third-order valence-corrected chi connectivity index (χ3v) is 8.33. The predicted molar refractivity (Wildman–Crippen MR) is 153 cm³/mol. The Hall–Kier alpha value is -4.94. The van der Waals surface area contributed by atoms with Gasteiger partial charge in [-0.1, -0.05) is 36.4 Å². The van der Waals surface area contributed by atoms with E-state index < -0.39 is 34.5 Å². The number of pyridine rings is 2. The molecule has 0 unspecified atom stereocenters. The van der Waals surface area contributed by atoms with E-state index in [-0.39, 0.29) is 22.8 Å². The molecule has 4 aromatic rings. The lowest BCUT2D eigenvalue weighted by molar-refractivity contribution is 0.0701. The summed E-state index contributed by atoms with van der Waals surface area (Å²) in [6, 6.07) is 18.1. The fourth-order valence-electron chi connectivity index (χ4n) is 5.55. The summed E-state index contributed by atoms with van der Waals surface area (Å²) in [5, 5.41) is 20.8. The Morgan fingerprint density at radius 3 is 1.88 bits per heavy atom. The maximum Gasteiger partial charge on any atom is 0.276 e. The van der Waals surface area contributed by atoms with E-state index >= 15 is 4.39 Å². The molecule has 10 nitrogen and oxygen atoms in total. The number of benzene rings is 2. The van der Waals surface area contributed by atoms with Crippen LogP contribution in [-0.4, -0.2) is 39.2 Å². The van der Waals surface area contributed by atoms with Crippen LogP contribution in [0.2, 0.25) is 0 Å². The number of carbonyl (C=O) groups is 2. The molecule has 2 aliphatic carbocycles. The maximum atomic E-state index is 15.0. The minimum atomic E-state index is -0.848. The van der Waals surface area contributed by atoms with Crippen molar-refractivity contribution in [2.75, 3.05) is 17.3 Å². The number of hydrogen-bond donors (Lipinski definition) is 5. The van der Waals surface area contributed by atoms with Crippen molar-refractivity contribution < 1.29 is 28.8 Å². The minimum Gasteiger partial charge on any atom is -0.358 e. The maximum absolute atomic E-state index is 15.0. The summed E-state index contributed by atoms with van der Waals surface area (Å²) < 4.78 is 29.8. The quantitative estimate of drug-likeness (QED) is 0.138. The van der Waals surface area contributed by atoms with Gasteiger partial charge in [0.2, 0.25) is 0 Å². The Bertz CT molecular complexity index is 1740. The Balaban J connectivity index is 1.25. The summed E-state index contributed by atoms with van der Waals surface area (Å²) in [5.41, 5.74) is 5.66. The Morgan fingerprint density at radius 2 is 1.35 bits per heavy atom. The number of carbonyl (C=O) groups excluding carboxylic acids is 2. The van der Waals surface area contributed by atoms with Crippen LogP contribution in [0.4, 0.5) is 20.4 Å². The van der Waals surface area contributed by atoms with E-state index in [1.807, 2.05) is 36.4 Å². The number of rotatable bonds is 9. The highest BCUT2D eigenvalue weighted by Gasteiger charge is 2.49. The zero-order valence-corrected chi connectivity index (χ0v) is 23.1. The lowest BCUT2D eigenvalue weighted by Gasteiger charge is -2.30. The van der Waals surface area contributed by atoms with Crippen LogP contribution in [0.25, 0.3) is 11.1 Å². The van der Waals surface area contributed by atoms with E-state index in [1.54, 1.807) is 11.9 Å². The van der Waals surface area contributed by atoms with Gasteiger partial charge in [-0.15, -0.1) is 0 Å². The second-order valence-corrected chi connectivity index (χ2v) is 10.9. The molecule has 0 bridgehead atoms. The molecule has 0 atom stereocenters. The van der Waals surface area contributed by atoms with E-state index in [0.29, 0.717) is 0 Å². The molecule has 2 heterocycles. The lowest BCUT2D eigenvalue weighted by atomic mass is 9.94. The van der Waals surface area contributed by atoms with Gasteiger partial charge < -0.3 is 10.2 Å². The molecule has 2 aromatic carbocycles. The molecule has 2 amide bonds. The van der Waals surface area contributed by atoms with E-state index in [1.165, 1.54) is 23.4 Å². The zero-order chi connectivity index (χ0) is 30.4. The van der Waals surface area contributed by atoms with Gasteiger partial charge in [0.15, 0.2) is 23.3 Å². The number of nitrogens with zero attached hydrogens (tertiary/aromatic N) is 3. The topological polar surface area (TPSA) is 140 Å². The van der Waals surface area contributed by atoms with Crippen LogP contribution in [0.3, 0.4) is 0 Å². The number of anilines is 2. The van der Waals surface area contributed by atoms with Crippen LogP contribution in [0.1, 0.15) is 57.5 Å². The first-order valence-corrected chi connectivity index (χ1v) is 13.6. The van der Waals surface area contributed by atoms with Gasteiger partial charge in [-0.25, -0.2) is 29.7 Å². The first kappa shape index (κ1) is 28.2. The van der Waals surface area contributed by atoms with Crippen molar-refractivity contribution in [2.24, 2.45) is 0 Å². The Labute approximate surface area is 245 Å². The second kappa shape index (κ2) is 10.7. The lowest BCUT2D eigenvalue weighted by Crippen LogP contribution is -2.33. The Kier molecular flexibility index (Phi) is 7.03. The van der Waals surface area contributed by atoms with E-state index in [0.717, 1.165) is 60.1 Å². The average molecular weight is 587 g/mol. The van der Waals surface area contributed by atoms with Crippen LogP contribution < -0.4 is 21.2 Å². The number of halogens is 2. The first-order chi connectivity index (χ1) is 20.7. The van der Waals surface area contributed by atoms with Gasteiger partial charge in [-0.3, -0.25) is 20.0 Å². The van der Waals surface area contributed by atoms with E-state index in [2.05, 4.69) is 27.4 Å². The number of hydrogen-bond acceptors (Lipinski definition) is 8. The summed E-state index contributed by atoms with van der Waals surface area (Å²) >= 11 is 0. The molecule has 2 aliphatic rings. The smallest absolute Gasteiger partial charge is 0.276 e. The molecule has 2 fully saturated rings. The minimum absolute atomic E-state index is 0.0176.